The summed E-state index contributed by atoms with van der Waals surface area (Å²) < 4.78 is 0. The predicted molar refractivity (Wildman–Crippen MR) is 145 cm³/mol. The van der Waals surface area contributed by atoms with Crippen molar-refractivity contribution in [2.45, 2.75) is 19.8 Å². The van der Waals surface area contributed by atoms with E-state index in [9.17, 15) is 10.2 Å². The van der Waals surface area contributed by atoms with Gasteiger partial charge in [0, 0.05) is 63.3 Å². The van der Waals surface area contributed by atoms with E-state index >= 15 is 0 Å². The molecular formula is C29H39N3O2. The number of nitrogens with zero attached hydrogens (tertiary/aromatic N) is 3. The summed E-state index contributed by atoms with van der Waals surface area (Å²) in [4.78, 5) is 6.48. The maximum absolute atomic E-state index is 9.38. The molecule has 3 rings (SSSR count). The van der Waals surface area contributed by atoms with Crippen LogP contribution in [0.1, 0.15) is 36.5 Å². The molecule has 0 saturated heterocycles. The summed E-state index contributed by atoms with van der Waals surface area (Å²) in [5.74, 6) is 0.111. The third-order valence-electron chi connectivity index (χ3n) is 6.43. The summed E-state index contributed by atoms with van der Waals surface area (Å²) in [5, 5.41) is 18.8. The minimum Gasteiger partial charge on any atom is -0.395 e. The zero-order valence-corrected chi connectivity index (χ0v) is 21.0. The van der Waals surface area contributed by atoms with E-state index in [0.717, 1.165) is 24.5 Å². The number of anilines is 3. The third kappa shape index (κ3) is 6.10. The Labute approximate surface area is 204 Å². The fourth-order valence-electron chi connectivity index (χ4n) is 4.48. The summed E-state index contributed by atoms with van der Waals surface area (Å²) in [5.41, 5.74) is 7.14. The Balaban J connectivity index is 1.99. The quantitative estimate of drug-likeness (QED) is 0.387. The van der Waals surface area contributed by atoms with Crippen molar-refractivity contribution in [3.05, 3.63) is 89.5 Å². The van der Waals surface area contributed by atoms with Gasteiger partial charge in [0.05, 0.1) is 13.2 Å². The van der Waals surface area contributed by atoms with E-state index in [1.807, 2.05) is 0 Å². The zero-order valence-electron chi connectivity index (χ0n) is 21.0. The van der Waals surface area contributed by atoms with E-state index in [1.165, 1.54) is 22.4 Å². The summed E-state index contributed by atoms with van der Waals surface area (Å²) in [6, 6.07) is 26.2. The molecule has 0 aliphatic heterocycles. The first-order chi connectivity index (χ1) is 16.5. The molecule has 0 radical (unpaired) electrons. The number of likely N-dealkylation sites (N-methyl/N-ethyl adjacent to an activating group) is 2. The van der Waals surface area contributed by atoms with Gasteiger partial charge in [-0.3, -0.25) is 0 Å². The van der Waals surface area contributed by atoms with Gasteiger partial charge in [0.25, 0.3) is 0 Å². The van der Waals surface area contributed by atoms with Crippen LogP contribution >= 0.6 is 0 Å². The lowest BCUT2D eigenvalue weighted by atomic mass is 9.85. The first-order valence-corrected chi connectivity index (χ1v) is 12.2. The fraction of sp³-hybridized carbons (Fsp3) is 0.379. The second-order valence-corrected chi connectivity index (χ2v) is 8.71. The van der Waals surface area contributed by atoms with Crippen molar-refractivity contribution >= 4 is 17.1 Å². The molecule has 3 aromatic carbocycles. The first kappa shape index (κ1) is 25.6. The molecule has 34 heavy (non-hydrogen) atoms. The van der Waals surface area contributed by atoms with Gasteiger partial charge in [-0.2, -0.15) is 0 Å². The average molecular weight is 462 g/mol. The number of aliphatic hydroxyl groups is 2. The van der Waals surface area contributed by atoms with E-state index in [2.05, 4.69) is 115 Å². The van der Waals surface area contributed by atoms with Crippen LogP contribution < -0.4 is 14.7 Å². The Morgan fingerprint density at radius 3 is 1.15 bits per heavy atom. The van der Waals surface area contributed by atoms with Crippen molar-refractivity contribution in [2.24, 2.45) is 0 Å². The van der Waals surface area contributed by atoms with Gasteiger partial charge in [0.1, 0.15) is 0 Å². The van der Waals surface area contributed by atoms with Gasteiger partial charge in [-0.05, 0) is 66.9 Å². The second kappa shape index (κ2) is 12.4. The second-order valence-electron chi connectivity index (χ2n) is 8.71. The van der Waals surface area contributed by atoms with Crippen LogP contribution in [0.4, 0.5) is 17.1 Å². The Bertz CT molecular complexity index is 928. The van der Waals surface area contributed by atoms with Crippen LogP contribution in [0, 0.1) is 0 Å². The Hall–Kier alpha value is -3.02. The SMILES string of the molecule is CCN(CCO)c1ccc(C(c2ccc(N(C)C)cc2)c2ccc(N(CC)CCO)cc2)cc1. The van der Waals surface area contributed by atoms with Crippen LogP contribution in [0.2, 0.25) is 0 Å². The van der Waals surface area contributed by atoms with Gasteiger partial charge in [-0.15, -0.1) is 0 Å². The van der Waals surface area contributed by atoms with Gasteiger partial charge in [-0.1, -0.05) is 36.4 Å². The molecule has 182 valence electrons. The molecule has 0 aliphatic rings. The minimum absolute atomic E-state index is 0.111. The van der Waals surface area contributed by atoms with Gasteiger partial charge in [-0.25, -0.2) is 0 Å². The van der Waals surface area contributed by atoms with E-state index in [-0.39, 0.29) is 19.1 Å². The molecule has 5 heteroatoms. The van der Waals surface area contributed by atoms with Gasteiger partial charge in [0.15, 0.2) is 0 Å². The highest BCUT2D eigenvalue weighted by atomic mass is 16.3. The maximum atomic E-state index is 9.38. The summed E-state index contributed by atoms with van der Waals surface area (Å²) in [7, 11) is 4.11. The first-order valence-electron chi connectivity index (χ1n) is 12.2. The number of aliphatic hydroxyl groups excluding tert-OH is 2. The lowest BCUT2D eigenvalue weighted by molar-refractivity contribution is 0.302. The molecule has 0 atom stereocenters. The highest BCUT2D eigenvalue weighted by Crippen LogP contribution is 2.34. The lowest BCUT2D eigenvalue weighted by Crippen LogP contribution is -2.26. The largest absolute Gasteiger partial charge is 0.395 e. The van der Waals surface area contributed by atoms with Crippen LogP contribution in [0.5, 0.6) is 0 Å². The summed E-state index contributed by atoms with van der Waals surface area (Å²) in [6.45, 7) is 7.50. The normalized spacial score (nSPS) is 11.0. The summed E-state index contributed by atoms with van der Waals surface area (Å²) >= 11 is 0. The van der Waals surface area contributed by atoms with Gasteiger partial charge >= 0.3 is 0 Å². The third-order valence-corrected chi connectivity index (χ3v) is 6.43. The zero-order chi connectivity index (χ0) is 24.5. The standard InChI is InChI=1S/C29H39N3O2/c1-5-31(19-21-33)27-15-9-24(10-16-27)29(23-7-13-26(14-8-23)30(3)4)25-11-17-28(18-12-25)32(6-2)20-22-34/h7-18,29,33-34H,5-6,19-22H2,1-4H3. The molecule has 0 fully saturated rings. The highest BCUT2D eigenvalue weighted by Gasteiger charge is 2.18. The van der Waals surface area contributed by atoms with Crippen LogP contribution in [0.25, 0.3) is 0 Å². The number of hydrogen-bond acceptors (Lipinski definition) is 5. The molecule has 0 amide bonds. The van der Waals surface area contributed by atoms with Crippen LogP contribution in [0.15, 0.2) is 72.8 Å². The molecule has 5 nitrogen and oxygen atoms in total. The van der Waals surface area contributed by atoms with Crippen molar-refractivity contribution in [2.75, 3.05) is 68.2 Å². The van der Waals surface area contributed by atoms with Crippen molar-refractivity contribution in [3.8, 4) is 0 Å². The van der Waals surface area contributed by atoms with E-state index in [4.69, 9.17) is 0 Å². The Morgan fingerprint density at radius 1 is 0.559 bits per heavy atom. The minimum atomic E-state index is 0.111. The molecule has 0 aliphatic carbocycles. The number of benzene rings is 3. The Morgan fingerprint density at radius 2 is 0.882 bits per heavy atom. The fourth-order valence-corrected chi connectivity index (χ4v) is 4.48. The summed E-state index contributed by atoms with van der Waals surface area (Å²) in [6.07, 6.45) is 0. The molecule has 2 N–H and O–H groups in total. The molecule has 0 spiro atoms. The number of hydrogen-bond donors (Lipinski definition) is 2. The number of rotatable bonds is 12. The Kier molecular flexibility index (Phi) is 9.37. The van der Waals surface area contributed by atoms with E-state index in [0.29, 0.717) is 13.1 Å². The molecule has 3 aromatic rings. The van der Waals surface area contributed by atoms with Crippen molar-refractivity contribution in [3.63, 3.8) is 0 Å². The van der Waals surface area contributed by atoms with Gasteiger partial charge < -0.3 is 24.9 Å². The van der Waals surface area contributed by atoms with Crippen molar-refractivity contribution < 1.29 is 10.2 Å². The highest BCUT2D eigenvalue weighted by molar-refractivity contribution is 5.56. The maximum Gasteiger partial charge on any atom is 0.0606 e. The topological polar surface area (TPSA) is 50.2 Å². The average Bonchev–Trinajstić information content (AvgIpc) is 2.87. The molecule has 0 saturated carbocycles. The van der Waals surface area contributed by atoms with Crippen molar-refractivity contribution in [1.82, 2.24) is 0 Å². The van der Waals surface area contributed by atoms with E-state index in [1.54, 1.807) is 0 Å². The van der Waals surface area contributed by atoms with Crippen LogP contribution in [-0.4, -0.2) is 63.7 Å². The van der Waals surface area contributed by atoms with Crippen molar-refractivity contribution in [1.29, 1.82) is 0 Å². The molecule has 0 heterocycles. The van der Waals surface area contributed by atoms with Crippen LogP contribution in [0.3, 0.4) is 0 Å². The molecule has 0 aromatic heterocycles. The van der Waals surface area contributed by atoms with Crippen LogP contribution in [-0.2, 0) is 0 Å². The molecular weight excluding hydrogens is 422 g/mol. The smallest absolute Gasteiger partial charge is 0.0606 e. The van der Waals surface area contributed by atoms with Gasteiger partial charge in [0.2, 0.25) is 0 Å². The lowest BCUT2D eigenvalue weighted by Gasteiger charge is -2.25. The monoisotopic (exact) mass is 461 g/mol. The molecule has 0 bridgehead atoms. The predicted octanol–water partition coefficient (Wildman–Crippen LogP) is 4.57. The van der Waals surface area contributed by atoms with E-state index < -0.39 is 0 Å². The molecule has 0 unspecified atom stereocenters.